The van der Waals surface area contributed by atoms with Gasteiger partial charge in [0.05, 0.1) is 6.20 Å². The molecule has 3 rings (SSSR count). The van der Waals surface area contributed by atoms with Crippen LogP contribution in [0.25, 0.3) is 11.4 Å². The van der Waals surface area contributed by atoms with Crippen LogP contribution in [-0.4, -0.2) is 60.0 Å². The number of hydrogen-bond acceptors (Lipinski definition) is 7. The van der Waals surface area contributed by atoms with Gasteiger partial charge in [0.2, 0.25) is 0 Å². The van der Waals surface area contributed by atoms with Gasteiger partial charge in [-0.1, -0.05) is 41.5 Å². The van der Waals surface area contributed by atoms with Gasteiger partial charge < -0.3 is 15.6 Å². The summed E-state index contributed by atoms with van der Waals surface area (Å²) in [6.45, 7) is 17.4. The quantitative estimate of drug-likeness (QED) is 0.736. The summed E-state index contributed by atoms with van der Waals surface area (Å²) < 4.78 is 0. The van der Waals surface area contributed by atoms with Gasteiger partial charge in [-0.25, -0.2) is 9.99 Å². The van der Waals surface area contributed by atoms with E-state index in [4.69, 9.17) is 0 Å². The smallest absolute Gasteiger partial charge is 0.183 e. The fourth-order valence-corrected chi connectivity index (χ4v) is 2.46. The van der Waals surface area contributed by atoms with Gasteiger partial charge in [0, 0.05) is 51.0 Å². The molecule has 7 nitrogen and oxygen atoms in total. The zero-order valence-corrected chi connectivity index (χ0v) is 19.2. The lowest BCUT2D eigenvalue weighted by Crippen LogP contribution is -2.44. The maximum Gasteiger partial charge on any atom is 0.183 e. The Morgan fingerprint density at radius 1 is 1.10 bits per heavy atom. The van der Waals surface area contributed by atoms with Crippen molar-refractivity contribution in [3.05, 3.63) is 30.5 Å². The molecule has 0 bridgehead atoms. The first-order valence-corrected chi connectivity index (χ1v) is 10.7. The van der Waals surface area contributed by atoms with E-state index in [-0.39, 0.29) is 0 Å². The molecule has 162 valence electrons. The highest BCUT2D eigenvalue weighted by Crippen LogP contribution is 2.20. The number of nitrogens with zero attached hydrogens (tertiary/aromatic N) is 5. The fourth-order valence-electron chi connectivity index (χ4n) is 2.46. The summed E-state index contributed by atoms with van der Waals surface area (Å²) in [6, 6.07) is 8.10. The summed E-state index contributed by atoms with van der Waals surface area (Å²) in [5.41, 5.74) is 5.31. The van der Waals surface area contributed by atoms with Gasteiger partial charge in [0.25, 0.3) is 0 Å². The van der Waals surface area contributed by atoms with E-state index in [2.05, 4.69) is 58.5 Å². The lowest BCUT2D eigenvalue weighted by atomic mass is 10.2. The van der Waals surface area contributed by atoms with Gasteiger partial charge in [0.1, 0.15) is 0 Å². The van der Waals surface area contributed by atoms with Gasteiger partial charge in [0.15, 0.2) is 11.6 Å². The molecule has 0 amide bonds. The number of nitrogens with one attached hydrogen (secondary N) is 2. The number of hydrogen-bond donors (Lipinski definition) is 2. The van der Waals surface area contributed by atoms with Crippen molar-refractivity contribution in [2.24, 2.45) is 5.92 Å². The Balaban J connectivity index is 0.000000627. The third-order valence-electron chi connectivity index (χ3n) is 3.92. The van der Waals surface area contributed by atoms with Crippen molar-refractivity contribution < 1.29 is 0 Å². The third kappa shape index (κ3) is 9.19. The number of hydrazine groups is 1. The number of benzene rings is 1. The average Bonchev–Trinajstić information content (AvgIpc) is 2.76. The molecule has 0 aliphatic carbocycles. The molecule has 1 aliphatic heterocycles. The second-order valence-electron chi connectivity index (χ2n) is 7.31. The maximum atomic E-state index is 4.67. The Hall–Kier alpha value is -2.25. The highest BCUT2D eigenvalue weighted by Gasteiger charge is 2.13. The van der Waals surface area contributed by atoms with Crippen LogP contribution in [0.15, 0.2) is 30.5 Å². The van der Waals surface area contributed by atoms with Crippen LogP contribution in [0, 0.1) is 5.92 Å². The van der Waals surface area contributed by atoms with E-state index in [0.717, 1.165) is 55.7 Å². The molecule has 1 aliphatic rings. The molecule has 2 heterocycles. The Bertz CT molecular complexity index is 664. The molecule has 1 aromatic heterocycles. The summed E-state index contributed by atoms with van der Waals surface area (Å²) in [5.74, 6) is 2.39. The largest absolute Gasteiger partial charge is 0.353 e. The number of anilines is 2. The molecule has 0 atom stereocenters. The molecular formula is C22H39N7. The van der Waals surface area contributed by atoms with Crippen molar-refractivity contribution in [2.45, 2.75) is 41.5 Å². The minimum Gasteiger partial charge on any atom is -0.353 e. The highest BCUT2D eigenvalue weighted by atomic mass is 15.5. The summed E-state index contributed by atoms with van der Waals surface area (Å²) in [5, 5.41) is 13.7. The molecule has 2 N–H and O–H groups in total. The van der Waals surface area contributed by atoms with Crippen LogP contribution in [0.3, 0.4) is 0 Å². The Morgan fingerprint density at radius 2 is 1.69 bits per heavy atom. The molecular weight excluding hydrogens is 362 g/mol. The molecule has 1 fully saturated rings. The van der Waals surface area contributed by atoms with Crippen LogP contribution in [0.1, 0.15) is 41.5 Å². The summed E-state index contributed by atoms with van der Waals surface area (Å²) in [7, 11) is 2.01. The van der Waals surface area contributed by atoms with Crippen molar-refractivity contribution in [1.82, 2.24) is 25.5 Å². The molecule has 0 radical (unpaired) electrons. The van der Waals surface area contributed by atoms with E-state index < -0.39 is 0 Å². The lowest BCUT2D eigenvalue weighted by molar-refractivity contribution is 0.426. The predicted octanol–water partition coefficient (Wildman–Crippen LogP) is 3.92. The van der Waals surface area contributed by atoms with Crippen molar-refractivity contribution in [1.29, 1.82) is 0 Å². The first-order valence-electron chi connectivity index (χ1n) is 10.7. The van der Waals surface area contributed by atoms with Crippen LogP contribution in [0.4, 0.5) is 11.5 Å². The van der Waals surface area contributed by atoms with Crippen LogP contribution in [-0.2, 0) is 0 Å². The number of piperazine rings is 1. The summed E-state index contributed by atoms with van der Waals surface area (Å²) >= 11 is 0. The SMILES string of the molecule is CC.CC(C)C.CCN(C)Nc1ccc(-c2nncc(N3CCNCC3)n2)cc1. The summed E-state index contributed by atoms with van der Waals surface area (Å²) in [4.78, 5) is 6.90. The fraction of sp³-hybridized carbons (Fsp3) is 0.591. The maximum absolute atomic E-state index is 4.67. The van der Waals surface area contributed by atoms with Gasteiger partial charge in [-0.2, -0.15) is 5.10 Å². The second-order valence-corrected chi connectivity index (χ2v) is 7.31. The lowest BCUT2D eigenvalue weighted by Gasteiger charge is -2.28. The molecule has 7 heteroatoms. The molecule has 0 spiro atoms. The number of rotatable bonds is 5. The predicted molar refractivity (Wildman–Crippen MR) is 124 cm³/mol. The van der Waals surface area contributed by atoms with Crippen LogP contribution in [0.2, 0.25) is 0 Å². The van der Waals surface area contributed by atoms with Gasteiger partial charge in [-0.15, -0.1) is 5.10 Å². The third-order valence-corrected chi connectivity index (χ3v) is 3.92. The molecule has 1 saturated heterocycles. The van der Waals surface area contributed by atoms with Crippen LogP contribution in [0.5, 0.6) is 0 Å². The Labute approximate surface area is 176 Å². The summed E-state index contributed by atoms with van der Waals surface area (Å²) in [6.07, 6.45) is 1.74. The zero-order chi connectivity index (χ0) is 21.6. The van der Waals surface area contributed by atoms with Crippen molar-refractivity contribution >= 4 is 11.5 Å². The minimum absolute atomic E-state index is 0.663. The molecule has 1 aromatic carbocycles. The average molecular weight is 402 g/mol. The topological polar surface area (TPSA) is 69.2 Å². The molecule has 0 saturated carbocycles. The highest BCUT2D eigenvalue weighted by molar-refractivity contribution is 5.60. The van der Waals surface area contributed by atoms with E-state index >= 15 is 0 Å². The van der Waals surface area contributed by atoms with Crippen molar-refractivity contribution in [3.63, 3.8) is 0 Å². The minimum atomic E-state index is 0.663. The van der Waals surface area contributed by atoms with E-state index in [1.165, 1.54) is 0 Å². The molecule has 2 aromatic rings. The van der Waals surface area contributed by atoms with Gasteiger partial charge in [-0.05, 0) is 30.2 Å². The number of aromatic nitrogens is 3. The standard InChI is InChI=1S/C16H23N7.C4H10.C2H6/c1-3-22(2)21-14-6-4-13(5-7-14)16-19-15(12-18-20-16)23-10-8-17-9-11-23;1-4(2)3;1-2/h4-7,12,17,21H,3,8-11H2,1-2H3;4H,1-3H3;1-2H3. The Morgan fingerprint density at radius 3 is 2.24 bits per heavy atom. The van der Waals surface area contributed by atoms with E-state index in [1.54, 1.807) is 6.20 Å². The van der Waals surface area contributed by atoms with Crippen LogP contribution >= 0.6 is 0 Å². The van der Waals surface area contributed by atoms with E-state index in [0.29, 0.717) is 5.82 Å². The van der Waals surface area contributed by atoms with Crippen molar-refractivity contribution in [3.8, 4) is 11.4 Å². The van der Waals surface area contributed by atoms with Gasteiger partial charge >= 0.3 is 0 Å². The first-order chi connectivity index (χ1) is 14.0. The second kappa shape index (κ2) is 13.8. The molecule has 29 heavy (non-hydrogen) atoms. The first kappa shape index (κ1) is 24.8. The van der Waals surface area contributed by atoms with Crippen LogP contribution < -0.4 is 15.6 Å². The zero-order valence-electron chi connectivity index (χ0n) is 19.2. The monoisotopic (exact) mass is 401 g/mol. The van der Waals surface area contributed by atoms with E-state index in [1.807, 2.05) is 50.2 Å². The molecule has 0 unspecified atom stereocenters. The Kier molecular flexibility index (Phi) is 11.8. The van der Waals surface area contributed by atoms with E-state index in [9.17, 15) is 0 Å². The van der Waals surface area contributed by atoms with Gasteiger partial charge in [-0.3, -0.25) is 0 Å². The normalized spacial score (nSPS) is 13.3. The van der Waals surface area contributed by atoms with Crippen molar-refractivity contribution in [2.75, 3.05) is 50.1 Å².